The van der Waals surface area contributed by atoms with Gasteiger partial charge in [0, 0.05) is 29.4 Å². The van der Waals surface area contributed by atoms with Gasteiger partial charge in [-0.05, 0) is 6.07 Å². The molecule has 0 bridgehead atoms. The van der Waals surface area contributed by atoms with Crippen molar-refractivity contribution in [1.82, 2.24) is 14.1 Å². The SMILES string of the molecule is Cn1nccc1C(=O)NBr. The van der Waals surface area contributed by atoms with Crippen LogP contribution in [-0.4, -0.2) is 15.7 Å². The molecule has 0 radical (unpaired) electrons. The summed E-state index contributed by atoms with van der Waals surface area (Å²) in [5.41, 5.74) is 0.525. The molecule has 1 heterocycles. The maximum atomic E-state index is 10.9. The standard InChI is InChI=1S/C5H6BrN3O/c1-9-4(2-3-7-9)5(10)8-6/h2-3H,1H3,(H,8,10). The van der Waals surface area contributed by atoms with Crippen molar-refractivity contribution in [3.8, 4) is 0 Å². The topological polar surface area (TPSA) is 46.9 Å². The average Bonchev–Trinajstić information content (AvgIpc) is 2.34. The molecule has 0 saturated carbocycles. The Balaban J connectivity index is 2.93. The van der Waals surface area contributed by atoms with Crippen molar-refractivity contribution in [2.24, 2.45) is 7.05 Å². The quantitative estimate of drug-likeness (QED) is 0.675. The number of aryl methyl sites for hydroxylation is 1. The Kier molecular flexibility index (Phi) is 2.06. The minimum Gasteiger partial charge on any atom is -0.287 e. The van der Waals surface area contributed by atoms with Crippen LogP contribution in [0.15, 0.2) is 12.3 Å². The second-order valence-electron chi connectivity index (χ2n) is 1.76. The number of aromatic nitrogens is 2. The Morgan fingerprint density at radius 1 is 1.90 bits per heavy atom. The molecule has 1 amide bonds. The third-order valence-electron chi connectivity index (χ3n) is 1.14. The van der Waals surface area contributed by atoms with Gasteiger partial charge in [-0.2, -0.15) is 5.10 Å². The van der Waals surface area contributed by atoms with Gasteiger partial charge in [-0.3, -0.25) is 13.8 Å². The average molecular weight is 204 g/mol. The fraction of sp³-hybridized carbons (Fsp3) is 0.200. The monoisotopic (exact) mass is 203 g/mol. The van der Waals surface area contributed by atoms with Crippen LogP contribution in [0.2, 0.25) is 0 Å². The number of nitrogens with zero attached hydrogens (tertiary/aromatic N) is 2. The van der Waals surface area contributed by atoms with Crippen LogP contribution < -0.4 is 4.34 Å². The zero-order chi connectivity index (χ0) is 7.56. The van der Waals surface area contributed by atoms with Crippen molar-refractivity contribution in [3.05, 3.63) is 18.0 Å². The van der Waals surface area contributed by atoms with Crippen LogP contribution in [0, 0.1) is 0 Å². The van der Waals surface area contributed by atoms with Gasteiger partial charge in [0.1, 0.15) is 5.69 Å². The lowest BCUT2D eigenvalue weighted by molar-refractivity contribution is 0.0977. The van der Waals surface area contributed by atoms with Crippen molar-refractivity contribution in [2.45, 2.75) is 0 Å². The van der Waals surface area contributed by atoms with E-state index in [2.05, 4.69) is 25.6 Å². The molecular formula is C5H6BrN3O. The first-order chi connectivity index (χ1) is 4.75. The lowest BCUT2D eigenvalue weighted by Crippen LogP contribution is -2.15. The number of nitrogens with one attached hydrogen (secondary N) is 1. The summed E-state index contributed by atoms with van der Waals surface area (Å²) in [4.78, 5) is 10.9. The van der Waals surface area contributed by atoms with E-state index in [0.717, 1.165) is 0 Å². The van der Waals surface area contributed by atoms with E-state index < -0.39 is 0 Å². The predicted octanol–water partition coefficient (Wildman–Crippen LogP) is 0.460. The van der Waals surface area contributed by atoms with Gasteiger partial charge in [-0.1, -0.05) is 0 Å². The molecule has 0 aliphatic carbocycles. The fourth-order valence-electron chi connectivity index (χ4n) is 0.645. The third kappa shape index (κ3) is 1.18. The molecule has 0 aliphatic heterocycles. The van der Waals surface area contributed by atoms with E-state index in [1.54, 1.807) is 19.3 Å². The van der Waals surface area contributed by atoms with Gasteiger partial charge >= 0.3 is 0 Å². The maximum Gasteiger partial charge on any atom is 0.279 e. The molecule has 1 aromatic heterocycles. The van der Waals surface area contributed by atoms with E-state index in [1.165, 1.54) is 4.68 Å². The molecule has 4 nitrogen and oxygen atoms in total. The Bertz CT molecular complexity index is 245. The Labute approximate surface area is 66.6 Å². The highest BCUT2D eigenvalue weighted by molar-refractivity contribution is 9.08. The van der Waals surface area contributed by atoms with Crippen LogP contribution in [0.5, 0.6) is 0 Å². The lowest BCUT2D eigenvalue weighted by Gasteiger charge is -1.96. The van der Waals surface area contributed by atoms with Gasteiger partial charge in [0.15, 0.2) is 0 Å². The fourth-order valence-corrected chi connectivity index (χ4v) is 0.848. The maximum absolute atomic E-state index is 10.9. The Morgan fingerprint density at radius 3 is 3.00 bits per heavy atom. The first kappa shape index (κ1) is 7.27. The lowest BCUT2D eigenvalue weighted by atomic mass is 10.4. The zero-order valence-corrected chi connectivity index (χ0v) is 6.92. The molecule has 54 valence electrons. The van der Waals surface area contributed by atoms with Gasteiger partial charge in [0.2, 0.25) is 0 Å². The smallest absolute Gasteiger partial charge is 0.279 e. The number of rotatable bonds is 1. The predicted molar refractivity (Wildman–Crippen MR) is 39.6 cm³/mol. The van der Waals surface area contributed by atoms with Gasteiger partial charge in [0.05, 0.1) is 0 Å². The van der Waals surface area contributed by atoms with E-state index >= 15 is 0 Å². The number of amides is 1. The minimum atomic E-state index is -0.194. The highest BCUT2D eigenvalue weighted by Crippen LogP contribution is 1.95. The van der Waals surface area contributed by atoms with Gasteiger partial charge in [-0.15, -0.1) is 0 Å². The van der Waals surface area contributed by atoms with Crippen molar-refractivity contribution >= 4 is 22.1 Å². The second-order valence-corrected chi connectivity index (χ2v) is 2.16. The van der Waals surface area contributed by atoms with E-state index in [9.17, 15) is 4.79 Å². The number of carbonyl (C=O) groups excluding carboxylic acids is 1. The van der Waals surface area contributed by atoms with Gasteiger partial charge in [-0.25, -0.2) is 0 Å². The molecule has 0 aliphatic rings. The van der Waals surface area contributed by atoms with Crippen LogP contribution in [0.1, 0.15) is 10.5 Å². The van der Waals surface area contributed by atoms with E-state index in [0.29, 0.717) is 5.69 Å². The molecular weight excluding hydrogens is 198 g/mol. The molecule has 0 spiro atoms. The Morgan fingerprint density at radius 2 is 2.60 bits per heavy atom. The van der Waals surface area contributed by atoms with Crippen molar-refractivity contribution in [3.63, 3.8) is 0 Å². The van der Waals surface area contributed by atoms with Crippen molar-refractivity contribution in [2.75, 3.05) is 0 Å². The van der Waals surface area contributed by atoms with Crippen molar-refractivity contribution in [1.29, 1.82) is 0 Å². The molecule has 1 aromatic rings. The zero-order valence-electron chi connectivity index (χ0n) is 5.34. The Hall–Kier alpha value is -0.840. The minimum absolute atomic E-state index is 0.194. The summed E-state index contributed by atoms with van der Waals surface area (Å²) in [6.45, 7) is 0. The number of halogens is 1. The molecule has 1 N–H and O–H groups in total. The molecule has 0 atom stereocenters. The van der Waals surface area contributed by atoms with E-state index in [-0.39, 0.29) is 5.91 Å². The van der Waals surface area contributed by atoms with Crippen LogP contribution >= 0.6 is 16.1 Å². The number of hydrogen-bond acceptors (Lipinski definition) is 2. The van der Waals surface area contributed by atoms with E-state index in [1.807, 2.05) is 0 Å². The molecule has 0 aromatic carbocycles. The largest absolute Gasteiger partial charge is 0.287 e. The van der Waals surface area contributed by atoms with Crippen LogP contribution in [0.3, 0.4) is 0 Å². The molecule has 5 heteroatoms. The van der Waals surface area contributed by atoms with Gasteiger partial charge in [0.25, 0.3) is 5.91 Å². The first-order valence-electron chi connectivity index (χ1n) is 2.64. The third-order valence-corrected chi connectivity index (χ3v) is 1.50. The molecule has 0 fully saturated rings. The summed E-state index contributed by atoms with van der Waals surface area (Å²) < 4.78 is 3.82. The molecule has 0 saturated heterocycles. The van der Waals surface area contributed by atoms with Crippen LogP contribution in [-0.2, 0) is 7.05 Å². The normalized spacial score (nSPS) is 9.40. The highest BCUT2D eigenvalue weighted by Gasteiger charge is 2.06. The first-order valence-corrected chi connectivity index (χ1v) is 3.44. The van der Waals surface area contributed by atoms with E-state index in [4.69, 9.17) is 0 Å². The van der Waals surface area contributed by atoms with Crippen molar-refractivity contribution < 1.29 is 4.79 Å². The second kappa shape index (κ2) is 2.83. The summed E-state index contributed by atoms with van der Waals surface area (Å²) in [5.74, 6) is -0.194. The number of hydrogen-bond donors (Lipinski definition) is 1. The number of carbonyl (C=O) groups is 1. The molecule has 0 unspecified atom stereocenters. The summed E-state index contributed by atoms with van der Waals surface area (Å²) in [7, 11) is 1.71. The van der Waals surface area contributed by atoms with Crippen LogP contribution in [0.25, 0.3) is 0 Å². The summed E-state index contributed by atoms with van der Waals surface area (Å²) in [5, 5.41) is 3.82. The summed E-state index contributed by atoms with van der Waals surface area (Å²) in [6, 6.07) is 1.64. The highest BCUT2D eigenvalue weighted by atomic mass is 79.9. The molecule has 10 heavy (non-hydrogen) atoms. The molecule has 1 rings (SSSR count). The summed E-state index contributed by atoms with van der Waals surface area (Å²) in [6.07, 6.45) is 1.57. The van der Waals surface area contributed by atoms with Crippen LogP contribution in [0.4, 0.5) is 0 Å². The van der Waals surface area contributed by atoms with Gasteiger partial charge < -0.3 is 0 Å². The summed E-state index contributed by atoms with van der Waals surface area (Å²) >= 11 is 2.83.